The molecule has 3 aromatic rings. The molecular weight excluding hydrogens is 190 g/mol. The fourth-order valence-electron chi connectivity index (χ4n) is 1.40. The molecule has 0 unspecified atom stereocenters. The standard InChI is InChI=1S/C11H7N3O/c1-4-12-5-2-8(1)11-14-9-7-13-6-3-10(9)15-11/h1-7H. The van der Waals surface area contributed by atoms with Gasteiger partial charge in [-0.15, -0.1) is 0 Å². The molecule has 0 radical (unpaired) electrons. The summed E-state index contributed by atoms with van der Waals surface area (Å²) in [5.41, 5.74) is 2.43. The van der Waals surface area contributed by atoms with Gasteiger partial charge in [0.1, 0.15) is 5.52 Å². The normalized spacial score (nSPS) is 10.7. The molecular formula is C11H7N3O. The van der Waals surface area contributed by atoms with Gasteiger partial charge in [-0.05, 0) is 12.1 Å². The summed E-state index contributed by atoms with van der Waals surface area (Å²) in [5.74, 6) is 0.598. The summed E-state index contributed by atoms with van der Waals surface area (Å²) in [4.78, 5) is 12.3. The average Bonchev–Trinajstić information content (AvgIpc) is 2.74. The highest BCUT2D eigenvalue weighted by Crippen LogP contribution is 2.22. The lowest BCUT2D eigenvalue weighted by molar-refractivity contribution is 0.619. The molecule has 0 fully saturated rings. The van der Waals surface area contributed by atoms with Gasteiger partial charge in [-0.3, -0.25) is 9.97 Å². The predicted molar refractivity (Wildman–Crippen MR) is 55.0 cm³/mol. The molecule has 0 saturated carbocycles. The zero-order valence-electron chi connectivity index (χ0n) is 7.79. The van der Waals surface area contributed by atoms with E-state index in [9.17, 15) is 0 Å². The van der Waals surface area contributed by atoms with Crippen LogP contribution in [0.15, 0.2) is 47.4 Å². The maximum Gasteiger partial charge on any atom is 0.227 e. The van der Waals surface area contributed by atoms with E-state index in [1.54, 1.807) is 30.9 Å². The molecule has 0 aromatic carbocycles. The maximum absolute atomic E-state index is 5.58. The summed E-state index contributed by atoms with van der Waals surface area (Å²) in [6, 6.07) is 5.52. The summed E-state index contributed by atoms with van der Waals surface area (Å²) in [5, 5.41) is 0. The van der Waals surface area contributed by atoms with E-state index < -0.39 is 0 Å². The SMILES string of the molecule is c1cc(-c2nc3cnccc3o2)ccn1. The number of hydrogen-bond donors (Lipinski definition) is 0. The Bertz CT molecular complexity index is 556. The maximum atomic E-state index is 5.58. The minimum Gasteiger partial charge on any atom is -0.436 e. The number of aromatic nitrogens is 3. The van der Waals surface area contributed by atoms with Gasteiger partial charge in [-0.25, -0.2) is 4.98 Å². The Morgan fingerprint density at radius 1 is 0.933 bits per heavy atom. The van der Waals surface area contributed by atoms with Crippen LogP contribution in [0.3, 0.4) is 0 Å². The lowest BCUT2D eigenvalue weighted by atomic mass is 10.3. The minimum atomic E-state index is 0.598. The van der Waals surface area contributed by atoms with Crippen molar-refractivity contribution in [1.82, 2.24) is 15.0 Å². The first-order valence-corrected chi connectivity index (χ1v) is 4.54. The Morgan fingerprint density at radius 2 is 1.73 bits per heavy atom. The molecule has 4 heteroatoms. The van der Waals surface area contributed by atoms with Gasteiger partial charge in [0.25, 0.3) is 0 Å². The van der Waals surface area contributed by atoms with Crippen molar-refractivity contribution in [3.05, 3.63) is 43.0 Å². The van der Waals surface area contributed by atoms with Crippen molar-refractivity contribution in [3.63, 3.8) is 0 Å². The van der Waals surface area contributed by atoms with E-state index in [0.717, 1.165) is 16.7 Å². The van der Waals surface area contributed by atoms with Crippen LogP contribution in [0.2, 0.25) is 0 Å². The van der Waals surface area contributed by atoms with E-state index in [-0.39, 0.29) is 0 Å². The van der Waals surface area contributed by atoms with Gasteiger partial charge in [-0.2, -0.15) is 0 Å². The number of nitrogens with zero attached hydrogens (tertiary/aromatic N) is 3. The molecule has 0 atom stereocenters. The van der Waals surface area contributed by atoms with Gasteiger partial charge in [0.2, 0.25) is 5.89 Å². The second-order valence-electron chi connectivity index (χ2n) is 3.10. The van der Waals surface area contributed by atoms with Crippen molar-refractivity contribution in [3.8, 4) is 11.5 Å². The fourth-order valence-corrected chi connectivity index (χ4v) is 1.40. The second-order valence-corrected chi connectivity index (χ2v) is 3.10. The molecule has 3 heterocycles. The third kappa shape index (κ3) is 1.36. The summed E-state index contributed by atoms with van der Waals surface area (Å²) >= 11 is 0. The topological polar surface area (TPSA) is 51.8 Å². The number of pyridine rings is 2. The van der Waals surface area contributed by atoms with Gasteiger partial charge in [0.15, 0.2) is 5.58 Å². The van der Waals surface area contributed by atoms with Gasteiger partial charge in [0, 0.05) is 30.2 Å². The quantitative estimate of drug-likeness (QED) is 0.600. The number of rotatable bonds is 1. The summed E-state index contributed by atoms with van der Waals surface area (Å²) in [6.45, 7) is 0. The molecule has 0 saturated heterocycles. The fraction of sp³-hybridized carbons (Fsp3) is 0. The van der Waals surface area contributed by atoms with Crippen LogP contribution in [0, 0.1) is 0 Å². The van der Waals surface area contributed by atoms with Crippen LogP contribution in [0.4, 0.5) is 0 Å². The van der Waals surface area contributed by atoms with E-state index in [2.05, 4.69) is 15.0 Å². The van der Waals surface area contributed by atoms with Gasteiger partial charge < -0.3 is 4.42 Å². The molecule has 3 aromatic heterocycles. The third-order valence-electron chi connectivity index (χ3n) is 2.12. The number of fused-ring (bicyclic) bond motifs is 1. The lowest BCUT2D eigenvalue weighted by Crippen LogP contribution is -1.76. The predicted octanol–water partition coefficient (Wildman–Crippen LogP) is 2.28. The molecule has 0 aliphatic rings. The first-order valence-electron chi connectivity index (χ1n) is 4.54. The number of hydrogen-bond acceptors (Lipinski definition) is 4. The van der Waals surface area contributed by atoms with Crippen molar-refractivity contribution in [1.29, 1.82) is 0 Å². The Hall–Kier alpha value is -2.23. The largest absolute Gasteiger partial charge is 0.436 e. The molecule has 0 bridgehead atoms. The monoisotopic (exact) mass is 197 g/mol. The van der Waals surface area contributed by atoms with Crippen LogP contribution >= 0.6 is 0 Å². The Kier molecular flexibility index (Phi) is 1.71. The highest BCUT2D eigenvalue weighted by molar-refractivity contribution is 5.74. The van der Waals surface area contributed by atoms with Crippen molar-refractivity contribution in [2.45, 2.75) is 0 Å². The highest BCUT2D eigenvalue weighted by atomic mass is 16.3. The first kappa shape index (κ1) is 8.11. The first-order chi connectivity index (χ1) is 7.43. The van der Waals surface area contributed by atoms with Crippen molar-refractivity contribution in [2.75, 3.05) is 0 Å². The Balaban J connectivity index is 2.21. The second kappa shape index (κ2) is 3.16. The Morgan fingerprint density at radius 3 is 2.53 bits per heavy atom. The molecule has 72 valence electrons. The Labute approximate surface area is 85.6 Å². The molecule has 0 aliphatic heterocycles. The molecule has 0 aliphatic carbocycles. The van der Waals surface area contributed by atoms with Crippen molar-refractivity contribution in [2.24, 2.45) is 0 Å². The zero-order valence-corrected chi connectivity index (χ0v) is 7.79. The van der Waals surface area contributed by atoms with Crippen molar-refractivity contribution < 1.29 is 4.42 Å². The lowest BCUT2D eigenvalue weighted by Gasteiger charge is -1.91. The van der Waals surface area contributed by atoms with Crippen molar-refractivity contribution >= 4 is 11.1 Å². The van der Waals surface area contributed by atoms with E-state index in [0.29, 0.717) is 5.89 Å². The van der Waals surface area contributed by atoms with Crippen LogP contribution in [0.1, 0.15) is 0 Å². The molecule has 0 N–H and O–H groups in total. The van der Waals surface area contributed by atoms with Gasteiger partial charge >= 0.3 is 0 Å². The highest BCUT2D eigenvalue weighted by Gasteiger charge is 2.06. The van der Waals surface area contributed by atoms with Gasteiger partial charge in [-0.1, -0.05) is 0 Å². The van der Waals surface area contributed by atoms with Crippen LogP contribution in [-0.4, -0.2) is 15.0 Å². The smallest absolute Gasteiger partial charge is 0.227 e. The van der Waals surface area contributed by atoms with E-state index in [1.165, 1.54) is 0 Å². The van der Waals surface area contributed by atoms with E-state index in [1.807, 2.05) is 12.1 Å². The van der Waals surface area contributed by atoms with Crippen LogP contribution in [0.25, 0.3) is 22.6 Å². The van der Waals surface area contributed by atoms with E-state index in [4.69, 9.17) is 4.42 Å². The molecule has 4 nitrogen and oxygen atoms in total. The number of oxazole rings is 1. The van der Waals surface area contributed by atoms with Crippen LogP contribution in [0.5, 0.6) is 0 Å². The zero-order chi connectivity index (χ0) is 10.1. The minimum absolute atomic E-state index is 0.598. The summed E-state index contributed by atoms with van der Waals surface area (Å²) in [6.07, 6.45) is 6.79. The van der Waals surface area contributed by atoms with Gasteiger partial charge in [0.05, 0.1) is 6.20 Å². The van der Waals surface area contributed by atoms with Crippen LogP contribution in [-0.2, 0) is 0 Å². The average molecular weight is 197 g/mol. The van der Waals surface area contributed by atoms with E-state index >= 15 is 0 Å². The summed E-state index contributed by atoms with van der Waals surface area (Å²) in [7, 11) is 0. The molecule has 0 amide bonds. The summed E-state index contributed by atoms with van der Waals surface area (Å²) < 4.78 is 5.58. The molecule has 0 spiro atoms. The molecule has 15 heavy (non-hydrogen) atoms. The third-order valence-corrected chi connectivity index (χ3v) is 2.12. The molecule has 3 rings (SSSR count). The van der Waals surface area contributed by atoms with Crippen LogP contribution < -0.4 is 0 Å².